The molecule has 21 heavy (non-hydrogen) atoms. The first-order valence-corrected chi connectivity index (χ1v) is 7.77. The number of halogens is 1. The lowest BCUT2D eigenvalue weighted by Crippen LogP contribution is -2.17. The number of aromatic nitrogens is 1. The minimum atomic E-state index is -3.85. The molecule has 0 aliphatic rings. The van der Waals surface area contributed by atoms with Crippen molar-refractivity contribution in [2.45, 2.75) is 11.8 Å². The van der Waals surface area contributed by atoms with Crippen LogP contribution in [0.25, 0.3) is 0 Å². The highest BCUT2D eigenvalue weighted by Gasteiger charge is 2.15. The fourth-order valence-corrected chi connectivity index (χ4v) is 2.78. The van der Waals surface area contributed by atoms with Gasteiger partial charge in [0.05, 0.1) is 4.90 Å². The number of nitrogens with two attached hydrogens (primary N) is 1. The van der Waals surface area contributed by atoms with Crippen LogP contribution >= 0.6 is 11.6 Å². The molecule has 0 bridgehead atoms. The van der Waals surface area contributed by atoms with Gasteiger partial charge in [-0.2, -0.15) is 0 Å². The molecule has 0 atom stereocenters. The number of primary sulfonamides is 1. The van der Waals surface area contributed by atoms with Crippen LogP contribution in [0.3, 0.4) is 0 Å². The van der Waals surface area contributed by atoms with Crippen molar-refractivity contribution in [2.24, 2.45) is 5.14 Å². The molecule has 0 radical (unpaired) electrons. The summed E-state index contributed by atoms with van der Waals surface area (Å²) in [5.74, 6) is -0.422. The highest BCUT2D eigenvalue weighted by Crippen LogP contribution is 2.22. The molecule has 1 aromatic heterocycles. The molecule has 8 heteroatoms. The molecular formula is C13H12ClN3O3S. The van der Waals surface area contributed by atoms with E-state index in [4.69, 9.17) is 16.7 Å². The van der Waals surface area contributed by atoms with Gasteiger partial charge in [0.15, 0.2) is 0 Å². The Morgan fingerprint density at radius 1 is 1.33 bits per heavy atom. The maximum absolute atomic E-state index is 12.1. The van der Waals surface area contributed by atoms with E-state index in [0.29, 0.717) is 16.8 Å². The summed E-state index contributed by atoms with van der Waals surface area (Å²) in [5.41, 5.74) is 1.04. The highest BCUT2D eigenvalue weighted by molar-refractivity contribution is 7.89. The minimum Gasteiger partial charge on any atom is -0.322 e. The second kappa shape index (κ2) is 5.80. The summed E-state index contributed by atoms with van der Waals surface area (Å²) < 4.78 is 22.9. The molecule has 6 nitrogen and oxygen atoms in total. The number of amides is 1. The number of rotatable bonds is 3. The lowest BCUT2D eigenvalue weighted by molar-refractivity contribution is 0.102. The fourth-order valence-electron chi connectivity index (χ4n) is 1.80. The van der Waals surface area contributed by atoms with Crippen molar-refractivity contribution in [3.63, 3.8) is 0 Å². The molecule has 3 N–H and O–H groups in total. The summed E-state index contributed by atoms with van der Waals surface area (Å²) in [4.78, 5) is 15.8. The first kappa shape index (κ1) is 15.4. The van der Waals surface area contributed by atoms with Gasteiger partial charge in [0.2, 0.25) is 10.0 Å². The smallest absolute Gasteiger partial charge is 0.255 e. The maximum Gasteiger partial charge on any atom is 0.255 e. The van der Waals surface area contributed by atoms with Gasteiger partial charge in [0, 0.05) is 17.4 Å². The van der Waals surface area contributed by atoms with Crippen LogP contribution in [0.15, 0.2) is 41.4 Å². The molecule has 0 unspecified atom stereocenters. The second-order valence-corrected chi connectivity index (χ2v) is 6.21. The van der Waals surface area contributed by atoms with Gasteiger partial charge in [-0.25, -0.2) is 18.5 Å². The lowest BCUT2D eigenvalue weighted by atomic mass is 10.2. The van der Waals surface area contributed by atoms with Crippen LogP contribution in [0.1, 0.15) is 15.9 Å². The van der Waals surface area contributed by atoms with Gasteiger partial charge in [-0.15, -0.1) is 0 Å². The molecule has 1 amide bonds. The van der Waals surface area contributed by atoms with Crippen LogP contribution < -0.4 is 10.5 Å². The Kier molecular flexibility index (Phi) is 4.26. The zero-order valence-corrected chi connectivity index (χ0v) is 12.6. The van der Waals surface area contributed by atoms with E-state index in [0.717, 1.165) is 0 Å². The molecule has 2 rings (SSSR count). The van der Waals surface area contributed by atoms with Crippen molar-refractivity contribution >= 4 is 33.2 Å². The van der Waals surface area contributed by atoms with Crippen molar-refractivity contribution in [1.29, 1.82) is 0 Å². The Hall–Kier alpha value is -1.96. The van der Waals surface area contributed by atoms with Crippen molar-refractivity contribution in [1.82, 2.24) is 4.98 Å². The van der Waals surface area contributed by atoms with Crippen LogP contribution in [-0.2, 0) is 10.0 Å². The van der Waals surface area contributed by atoms with Crippen molar-refractivity contribution in [3.8, 4) is 0 Å². The molecule has 2 aromatic rings. The molecule has 110 valence electrons. The molecule has 0 saturated heterocycles. The van der Waals surface area contributed by atoms with E-state index in [2.05, 4.69) is 10.3 Å². The molecular weight excluding hydrogens is 314 g/mol. The number of carbonyl (C=O) groups is 1. The lowest BCUT2D eigenvalue weighted by Gasteiger charge is -2.11. The van der Waals surface area contributed by atoms with Gasteiger partial charge in [0.25, 0.3) is 5.91 Å². The topological polar surface area (TPSA) is 102 Å². The van der Waals surface area contributed by atoms with Crippen LogP contribution in [0.2, 0.25) is 5.15 Å². The van der Waals surface area contributed by atoms with Crippen molar-refractivity contribution in [2.75, 3.05) is 5.32 Å². The molecule has 0 spiro atoms. The Labute approximate surface area is 127 Å². The summed E-state index contributed by atoms with van der Waals surface area (Å²) >= 11 is 5.72. The number of carbonyl (C=O) groups excluding carboxylic acids is 1. The summed E-state index contributed by atoms with van der Waals surface area (Å²) in [6.07, 6.45) is 1.41. The number of nitrogens with one attached hydrogen (secondary N) is 1. The number of sulfonamides is 1. The van der Waals surface area contributed by atoms with Crippen LogP contribution in [0.5, 0.6) is 0 Å². The molecule has 1 heterocycles. The Bertz CT molecular complexity index is 806. The third-order valence-electron chi connectivity index (χ3n) is 2.83. The van der Waals surface area contributed by atoms with E-state index < -0.39 is 15.9 Å². The Balaban J connectivity index is 2.35. The maximum atomic E-state index is 12.1. The molecule has 0 aliphatic carbocycles. The predicted molar refractivity (Wildman–Crippen MR) is 79.8 cm³/mol. The van der Waals surface area contributed by atoms with Gasteiger partial charge < -0.3 is 5.32 Å². The average molecular weight is 326 g/mol. The molecule has 0 aliphatic heterocycles. The van der Waals surface area contributed by atoms with Gasteiger partial charge >= 0.3 is 0 Å². The van der Waals surface area contributed by atoms with Gasteiger partial charge in [-0.1, -0.05) is 17.7 Å². The number of pyridine rings is 1. The predicted octanol–water partition coefficient (Wildman–Crippen LogP) is 1.94. The van der Waals surface area contributed by atoms with E-state index in [1.807, 2.05) is 0 Å². The van der Waals surface area contributed by atoms with Crippen LogP contribution in [0, 0.1) is 6.92 Å². The number of nitrogens with zero attached hydrogens (tertiary/aromatic N) is 1. The first-order chi connectivity index (χ1) is 9.79. The summed E-state index contributed by atoms with van der Waals surface area (Å²) in [5, 5.41) is 7.94. The third kappa shape index (κ3) is 3.57. The monoisotopic (exact) mass is 325 g/mol. The minimum absolute atomic E-state index is 0.0342. The summed E-state index contributed by atoms with van der Waals surface area (Å²) in [6, 6.07) is 7.38. The van der Waals surface area contributed by atoms with E-state index in [-0.39, 0.29) is 10.0 Å². The summed E-state index contributed by atoms with van der Waals surface area (Å²) in [7, 11) is -3.85. The van der Waals surface area contributed by atoms with Crippen molar-refractivity contribution in [3.05, 3.63) is 52.8 Å². The van der Waals surface area contributed by atoms with Gasteiger partial charge in [-0.3, -0.25) is 4.79 Å². The largest absolute Gasteiger partial charge is 0.322 e. The fraction of sp³-hybridized carbons (Fsp3) is 0.0769. The van der Waals surface area contributed by atoms with E-state index >= 15 is 0 Å². The van der Waals surface area contributed by atoms with E-state index in [1.54, 1.807) is 13.0 Å². The quantitative estimate of drug-likeness (QED) is 0.842. The van der Waals surface area contributed by atoms with Gasteiger partial charge in [-0.05, 0) is 36.8 Å². The standard InChI is InChI=1S/C13H12ClN3O3S/c1-8-10(3-2-4-11(8)21(15,19)20)17-13(18)9-5-6-16-12(14)7-9/h2-7H,1H3,(H,17,18)(H2,15,19,20). The summed E-state index contributed by atoms with van der Waals surface area (Å²) in [6.45, 7) is 1.56. The zero-order chi connectivity index (χ0) is 15.6. The Morgan fingerprint density at radius 2 is 2.05 bits per heavy atom. The highest BCUT2D eigenvalue weighted by atomic mass is 35.5. The van der Waals surface area contributed by atoms with Crippen LogP contribution in [-0.4, -0.2) is 19.3 Å². The van der Waals surface area contributed by atoms with E-state index in [1.165, 1.54) is 30.5 Å². The third-order valence-corrected chi connectivity index (χ3v) is 4.09. The SMILES string of the molecule is Cc1c(NC(=O)c2ccnc(Cl)c2)cccc1S(N)(=O)=O. The first-order valence-electron chi connectivity index (χ1n) is 5.84. The average Bonchev–Trinajstić information content (AvgIpc) is 2.39. The molecule has 0 fully saturated rings. The zero-order valence-electron chi connectivity index (χ0n) is 11.0. The molecule has 1 aromatic carbocycles. The number of benzene rings is 1. The molecule has 0 saturated carbocycles. The number of anilines is 1. The van der Waals surface area contributed by atoms with Crippen molar-refractivity contribution < 1.29 is 13.2 Å². The number of hydrogen-bond donors (Lipinski definition) is 2. The number of hydrogen-bond acceptors (Lipinski definition) is 4. The van der Waals surface area contributed by atoms with Crippen LogP contribution in [0.4, 0.5) is 5.69 Å². The van der Waals surface area contributed by atoms with E-state index in [9.17, 15) is 13.2 Å². The second-order valence-electron chi connectivity index (χ2n) is 4.30. The normalized spacial score (nSPS) is 11.2. The van der Waals surface area contributed by atoms with Gasteiger partial charge in [0.1, 0.15) is 5.15 Å². The Morgan fingerprint density at radius 3 is 2.67 bits per heavy atom.